The zero-order valence-electron chi connectivity index (χ0n) is 15.2. The molecule has 1 saturated heterocycles. The van der Waals surface area contributed by atoms with Gasteiger partial charge in [0.1, 0.15) is 0 Å². The van der Waals surface area contributed by atoms with Gasteiger partial charge in [0.25, 0.3) is 0 Å². The van der Waals surface area contributed by atoms with Gasteiger partial charge in [0, 0.05) is 24.3 Å². The molecule has 0 bridgehead atoms. The Kier molecular flexibility index (Phi) is 7.96. The van der Waals surface area contributed by atoms with Crippen molar-refractivity contribution in [3.05, 3.63) is 29.8 Å². The molecule has 0 unspecified atom stereocenters. The summed E-state index contributed by atoms with van der Waals surface area (Å²) < 4.78 is 5.54. The minimum Gasteiger partial charge on any atom is -0.379 e. The molecule has 0 atom stereocenters. The smallest absolute Gasteiger partial charge is 0.193 e. The summed E-state index contributed by atoms with van der Waals surface area (Å²) in [5.41, 5.74) is 8.55. The number of hydrogen-bond acceptors (Lipinski definition) is 3. The highest BCUT2D eigenvalue weighted by atomic mass is 127. The lowest BCUT2D eigenvalue weighted by molar-refractivity contribution is -0.0333. The van der Waals surface area contributed by atoms with Crippen molar-refractivity contribution in [1.82, 2.24) is 4.90 Å². The average Bonchev–Trinajstić information content (AvgIpc) is 2.63. The van der Waals surface area contributed by atoms with Crippen molar-refractivity contribution in [3.63, 3.8) is 0 Å². The summed E-state index contributed by atoms with van der Waals surface area (Å²) >= 11 is 0. The zero-order valence-corrected chi connectivity index (χ0v) is 17.5. The number of aryl methyl sites for hydroxylation is 1. The third-order valence-electron chi connectivity index (χ3n) is 5.33. The summed E-state index contributed by atoms with van der Waals surface area (Å²) in [6.07, 6.45) is 6.35. The lowest BCUT2D eigenvalue weighted by atomic mass is 9.80. The van der Waals surface area contributed by atoms with E-state index in [0.29, 0.717) is 5.96 Å². The van der Waals surface area contributed by atoms with Crippen molar-refractivity contribution in [1.29, 1.82) is 0 Å². The third kappa shape index (κ3) is 5.56. The number of anilines is 1. The van der Waals surface area contributed by atoms with E-state index in [9.17, 15) is 0 Å². The first-order valence-electron chi connectivity index (χ1n) is 9.14. The summed E-state index contributed by atoms with van der Waals surface area (Å²) in [5, 5.41) is 3.21. The molecule has 1 heterocycles. The van der Waals surface area contributed by atoms with Crippen molar-refractivity contribution < 1.29 is 4.74 Å². The second kappa shape index (κ2) is 9.73. The van der Waals surface area contributed by atoms with Gasteiger partial charge in [-0.05, 0) is 31.9 Å². The van der Waals surface area contributed by atoms with Gasteiger partial charge in [-0.25, -0.2) is 0 Å². The number of rotatable bonds is 4. The van der Waals surface area contributed by atoms with Gasteiger partial charge < -0.3 is 15.8 Å². The molecule has 25 heavy (non-hydrogen) atoms. The number of nitrogens with two attached hydrogens (primary N) is 1. The summed E-state index contributed by atoms with van der Waals surface area (Å²) in [4.78, 5) is 7.31. The van der Waals surface area contributed by atoms with Gasteiger partial charge in [-0.3, -0.25) is 9.89 Å². The van der Waals surface area contributed by atoms with Crippen LogP contribution in [0.1, 0.15) is 37.7 Å². The minimum atomic E-state index is 0. The van der Waals surface area contributed by atoms with E-state index in [-0.39, 0.29) is 29.5 Å². The number of halogens is 1. The Morgan fingerprint density at radius 1 is 1.16 bits per heavy atom. The highest BCUT2D eigenvalue weighted by Gasteiger charge is 2.38. The molecule has 1 saturated carbocycles. The van der Waals surface area contributed by atoms with E-state index < -0.39 is 0 Å². The van der Waals surface area contributed by atoms with Gasteiger partial charge in [0.05, 0.1) is 19.8 Å². The molecule has 1 aromatic rings. The molecular weight excluding hydrogens is 427 g/mol. The molecule has 0 radical (unpaired) electrons. The first-order valence-corrected chi connectivity index (χ1v) is 9.14. The first-order chi connectivity index (χ1) is 11.7. The molecule has 0 aromatic heterocycles. The number of benzene rings is 1. The molecule has 5 nitrogen and oxygen atoms in total. The number of morpholine rings is 1. The topological polar surface area (TPSA) is 62.9 Å². The van der Waals surface area contributed by atoms with E-state index in [1.54, 1.807) is 0 Å². The second-order valence-electron chi connectivity index (χ2n) is 7.08. The second-order valence-corrected chi connectivity index (χ2v) is 7.08. The number of nitrogens with zero attached hydrogens (tertiary/aromatic N) is 2. The predicted molar refractivity (Wildman–Crippen MR) is 115 cm³/mol. The van der Waals surface area contributed by atoms with Crippen LogP contribution < -0.4 is 11.1 Å². The van der Waals surface area contributed by atoms with Crippen LogP contribution in [0.3, 0.4) is 0 Å². The van der Waals surface area contributed by atoms with E-state index in [2.05, 4.69) is 29.3 Å². The van der Waals surface area contributed by atoms with E-state index >= 15 is 0 Å². The Balaban J connectivity index is 0.00000225. The lowest BCUT2D eigenvalue weighted by Gasteiger charge is -2.47. The van der Waals surface area contributed by atoms with Gasteiger partial charge in [0.2, 0.25) is 0 Å². The molecule has 2 aliphatic rings. The van der Waals surface area contributed by atoms with Gasteiger partial charge in [0.15, 0.2) is 5.96 Å². The molecule has 1 aromatic carbocycles. The highest BCUT2D eigenvalue weighted by Crippen LogP contribution is 2.34. The van der Waals surface area contributed by atoms with Crippen LogP contribution in [0.5, 0.6) is 0 Å². The van der Waals surface area contributed by atoms with Crippen LogP contribution in [0, 0.1) is 6.92 Å². The number of nitrogens with one attached hydrogen (secondary N) is 1. The van der Waals surface area contributed by atoms with Gasteiger partial charge in [-0.15, -0.1) is 24.0 Å². The Morgan fingerprint density at radius 3 is 2.44 bits per heavy atom. The fraction of sp³-hybridized carbons (Fsp3) is 0.632. The van der Waals surface area contributed by atoms with Crippen molar-refractivity contribution >= 4 is 35.6 Å². The Hall–Kier alpha value is -0.860. The molecule has 3 N–H and O–H groups in total. The average molecular weight is 458 g/mol. The normalized spacial score (nSPS) is 21.4. The zero-order chi connectivity index (χ0) is 16.8. The van der Waals surface area contributed by atoms with Crippen LogP contribution >= 0.6 is 24.0 Å². The Bertz CT molecular complexity index is 549. The molecule has 1 aliphatic heterocycles. The maximum absolute atomic E-state index is 6.15. The van der Waals surface area contributed by atoms with Crippen molar-refractivity contribution in [2.24, 2.45) is 10.7 Å². The SMILES string of the molecule is Cc1ccc(NC(N)=NCC2(N3CCOCC3)CCCCC2)cc1.I. The van der Waals surface area contributed by atoms with Crippen molar-refractivity contribution in [3.8, 4) is 0 Å². The van der Waals surface area contributed by atoms with Crippen LogP contribution in [-0.2, 0) is 4.74 Å². The van der Waals surface area contributed by atoms with Crippen molar-refractivity contribution in [2.75, 3.05) is 38.2 Å². The minimum absolute atomic E-state index is 0. The third-order valence-corrected chi connectivity index (χ3v) is 5.33. The van der Waals surface area contributed by atoms with Gasteiger partial charge >= 0.3 is 0 Å². The summed E-state index contributed by atoms with van der Waals surface area (Å²) in [6.45, 7) is 6.56. The number of ether oxygens (including phenoxy) is 1. The standard InChI is InChI=1S/C19H30N4O.HI/c1-16-5-7-17(8-6-16)22-18(20)21-15-19(9-3-2-4-10-19)23-11-13-24-14-12-23;/h5-8H,2-4,9-15H2,1H3,(H3,20,21,22);1H. The molecule has 0 amide bonds. The fourth-order valence-electron chi connectivity index (χ4n) is 3.88. The number of guanidine groups is 1. The quantitative estimate of drug-likeness (QED) is 0.413. The van der Waals surface area contributed by atoms with Crippen LogP contribution in [0.2, 0.25) is 0 Å². The van der Waals surface area contributed by atoms with E-state index in [0.717, 1.165) is 38.5 Å². The highest BCUT2D eigenvalue weighted by molar-refractivity contribution is 14.0. The van der Waals surface area contributed by atoms with Crippen LogP contribution in [-0.4, -0.2) is 49.2 Å². The molecule has 1 aliphatic carbocycles. The van der Waals surface area contributed by atoms with Gasteiger partial charge in [-0.2, -0.15) is 0 Å². The predicted octanol–water partition coefficient (Wildman–Crippen LogP) is 3.37. The van der Waals surface area contributed by atoms with Crippen LogP contribution in [0.15, 0.2) is 29.3 Å². The summed E-state index contributed by atoms with van der Waals surface area (Å²) in [5.74, 6) is 0.511. The molecular formula is C19H31IN4O. The summed E-state index contributed by atoms with van der Waals surface area (Å²) in [6, 6.07) is 8.23. The number of aliphatic imine (C=N–C) groups is 1. The molecule has 6 heteroatoms. The number of hydrogen-bond donors (Lipinski definition) is 2. The lowest BCUT2D eigenvalue weighted by Crippen LogP contribution is -2.56. The van der Waals surface area contributed by atoms with Crippen LogP contribution in [0.4, 0.5) is 5.69 Å². The Morgan fingerprint density at radius 2 is 1.80 bits per heavy atom. The van der Waals surface area contributed by atoms with Gasteiger partial charge in [-0.1, -0.05) is 37.0 Å². The first kappa shape index (κ1) is 20.5. The maximum Gasteiger partial charge on any atom is 0.193 e. The fourth-order valence-corrected chi connectivity index (χ4v) is 3.88. The van der Waals surface area contributed by atoms with E-state index in [1.165, 1.54) is 37.7 Å². The van der Waals surface area contributed by atoms with Crippen molar-refractivity contribution in [2.45, 2.75) is 44.6 Å². The monoisotopic (exact) mass is 458 g/mol. The molecule has 0 spiro atoms. The van der Waals surface area contributed by atoms with E-state index in [4.69, 9.17) is 15.5 Å². The Labute approximate surface area is 168 Å². The molecule has 140 valence electrons. The molecule has 2 fully saturated rings. The maximum atomic E-state index is 6.15. The molecule has 3 rings (SSSR count). The van der Waals surface area contributed by atoms with E-state index in [1.807, 2.05) is 12.1 Å². The summed E-state index contributed by atoms with van der Waals surface area (Å²) in [7, 11) is 0. The largest absolute Gasteiger partial charge is 0.379 e. The van der Waals surface area contributed by atoms with Crippen LogP contribution in [0.25, 0.3) is 0 Å².